The van der Waals surface area contributed by atoms with Gasteiger partial charge in [-0.05, 0) is 23.1 Å². The van der Waals surface area contributed by atoms with Crippen LogP contribution in [0.15, 0.2) is 81.3 Å². The second-order valence-corrected chi connectivity index (χ2v) is 7.50. The van der Waals surface area contributed by atoms with Crippen LogP contribution in [-0.2, 0) is 26.6 Å². The van der Waals surface area contributed by atoms with Gasteiger partial charge in [-0.1, -0.05) is 54.6 Å². The van der Waals surface area contributed by atoms with Crippen LogP contribution in [0.4, 0.5) is 0 Å². The Hall–Kier alpha value is -4.27. The van der Waals surface area contributed by atoms with Gasteiger partial charge in [0.2, 0.25) is 5.89 Å². The van der Waals surface area contributed by atoms with Crippen LogP contribution in [0.5, 0.6) is 0 Å². The standard InChI is InChI=1S/C23H20N6O3/c1-27-14-24-21-20(27)22(30)28(15-25-21)13-19-26-29(23(31)32-19)12-11-16-7-9-18(10-8-16)17-5-3-2-4-6-17/h2-10,14-15H,11-13H2,1H3. The van der Waals surface area contributed by atoms with E-state index >= 15 is 0 Å². The molecule has 0 N–H and O–H groups in total. The maximum absolute atomic E-state index is 12.7. The number of benzene rings is 2. The summed E-state index contributed by atoms with van der Waals surface area (Å²) in [5.74, 6) is -0.400. The lowest BCUT2D eigenvalue weighted by atomic mass is 10.0. The number of hydrogen-bond donors (Lipinski definition) is 0. The van der Waals surface area contributed by atoms with Crippen LogP contribution in [0.2, 0.25) is 0 Å². The molecule has 0 bridgehead atoms. The van der Waals surface area contributed by atoms with Gasteiger partial charge in [-0.2, -0.15) is 4.68 Å². The van der Waals surface area contributed by atoms with Crippen LogP contribution in [-0.4, -0.2) is 28.9 Å². The van der Waals surface area contributed by atoms with Crippen molar-refractivity contribution < 1.29 is 4.42 Å². The molecule has 5 rings (SSSR count). The third-order valence-electron chi connectivity index (χ3n) is 5.33. The van der Waals surface area contributed by atoms with Crippen LogP contribution in [0.1, 0.15) is 11.5 Å². The average molecular weight is 428 g/mol. The van der Waals surface area contributed by atoms with Gasteiger partial charge in [-0.25, -0.2) is 14.8 Å². The monoisotopic (exact) mass is 428 g/mol. The summed E-state index contributed by atoms with van der Waals surface area (Å²) in [4.78, 5) is 33.1. The van der Waals surface area contributed by atoms with Crippen molar-refractivity contribution in [1.29, 1.82) is 0 Å². The highest BCUT2D eigenvalue weighted by molar-refractivity contribution is 5.68. The highest BCUT2D eigenvalue weighted by atomic mass is 16.4. The topological polar surface area (TPSA) is 101 Å². The summed E-state index contributed by atoms with van der Waals surface area (Å²) in [6, 6.07) is 18.4. The Balaban J connectivity index is 1.29. The zero-order valence-electron chi connectivity index (χ0n) is 17.4. The van der Waals surface area contributed by atoms with Gasteiger partial charge in [0.05, 0.1) is 12.9 Å². The van der Waals surface area contributed by atoms with Gasteiger partial charge < -0.3 is 8.98 Å². The van der Waals surface area contributed by atoms with Crippen molar-refractivity contribution in [3.05, 3.63) is 99.6 Å². The zero-order valence-corrected chi connectivity index (χ0v) is 17.4. The maximum atomic E-state index is 12.7. The molecule has 0 unspecified atom stereocenters. The molecular weight excluding hydrogens is 408 g/mol. The van der Waals surface area contributed by atoms with Gasteiger partial charge in [0, 0.05) is 7.05 Å². The van der Waals surface area contributed by atoms with E-state index in [2.05, 4.69) is 39.3 Å². The first kappa shape index (κ1) is 19.7. The number of nitrogens with zero attached hydrogens (tertiary/aromatic N) is 6. The number of imidazole rings is 1. The SMILES string of the molecule is Cn1cnc2ncn(Cc3nn(CCc4ccc(-c5ccccc5)cc4)c(=O)o3)c(=O)c21. The Labute approximate surface area is 182 Å². The molecule has 5 aromatic rings. The van der Waals surface area contributed by atoms with Crippen LogP contribution in [0.25, 0.3) is 22.3 Å². The van der Waals surface area contributed by atoms with E-state index in [1.807, 2.05) is 30.3 Å². The fraction of sp³-hybridized carbons (Fsp3) is 0.174. The van der Waals surface area contributed by atoms with Gasteiger partial charge in [-0.15, -0.1) is 5.10 Å². The number of hydrogen-bond acceptors (Lipinski definition) is 6. The fourth-order valence-corrected chi connectivity index (χ4v) is 3.61. The van der Waals surface area contributed by atoms with Gasteiger partial charge in [0.15, 0.2) is 11.2 Å². The minimum atomic E-state index is -0.552. The first-order valence-electron chi connectivity index (χ1n) is 10.2. The first-order chi connectivity index (χ1) is 15.6. The van der Waals surface area contributed by atoms with E-state index in [4.69, 9.17) is 4.42 Å². The van der Waals surface area contributed by atoms with E-state index in [1.54, 1.807) is 11.6 Å². The molecule has 160 valence electrons. The van der Waals surface area contributed by atoms with Crippen molar-refractivity contribution >= 4 is 11.2 Å². The van der Waals surface area contributed by atoms with Crippen LogP contribution in [0, 0.1) is 0 Å². The highest BCUT2D eigenvalue weighted by Crippen LogP contribution is 2.19. The lowest BCUT2D eigenvalue weighted by Gasteiger charge is -2.04. The Morgan fingerprint density at radius 2 is 1.62 bits per heavy atom. The number of aryl methyl sites for hydroxylation is 3. The third-order valence-corrected chi connectivity index (χ3v) is 5.33. The van der Waals surface area contributed by atoms with E-state index in [9.17, 15) is 9.59 Å². The molecule has 0 radical (unpaired) electrons. The van der Waals surface area contributed by atoms with Crippen molar-refractivity contribution in [3.63, 3.8) is 0 Å². The molecule has 3 heterocycles. The van der Waals surface area contributed by atoms with Crippen molar-refractivity contribution in [3.8, 4) is 11.1 Å². The second-order valence-electron chi connectivity index (χ2n) is 7.50. The summed E-state index contributed by atoms with van der Waals surface area (Å²) in [6.07, 6.45) is 3.54. The lowest BCUT2D eigenvalue weighted by molar-refractivity contribution is 0.434. The minimum Gasteiger partial charge on any atom is -0.390 e. The van der Waals surface area contributed by atoms with Gasteiger partial charge in [0.25, 0.3) is 5.56 Å². The van der Waals surface area contributed by atoms with Crippen molar-refractivity contribution in [1.82, 2.24) is 28.9 Å². The lowest BCUT2D eigenvalue weighted by Crippen LogP contribution is -2.22. The normalized spacial score (nSPS) is 11.3. The Morgan fingerprint density at radius 3 is 2.41 bits per heavy atom. The van der Waals surface area contributed by atoms with Gasteiger partial charge >= 0.3 is 5.76 Å². The quantitative estimate of drug-likeness (QED) is 0.411. The second kappa shape index (κ2) is 8.10. The van der Waals surface area contributed by atoms with Crippen molar-refractivity contribution in [2.75, 3.05) is 0 Å². The number of fused-ring (bicyclic) bond motifs is 1. The predicted molar refractivity (Wildman–Crippen MR) is 118 cm³/mol. The van der Waals surface area contributed by atoms with Crippen molar-refractivity contribution in [2.24, 2.45) is 7.05 Å². The molecule has 9 heteroatoms. The highest BCUT2D eigenvalue weighted by Gasteiger charge is 2.13. The summed E-state index contributed by atoms with van der Waals surface area (Å²) in [6.45, 7) is 0.391. The molecule has 0 amide bonds. The molecule has 0 spiro atoms. The molecule has 0 aliphatic heterocycles. The molecule has 0 aliphatic rings. The fourth-order valence-electron chi connectivity index (χ4n) is 3.61. The zero-order chi connectivity index (χ0) is 22.1. The van der Waals surface area contributed by atoms with Crippen LogP contribution < -0.4 is 11.3 Å². The van der Waals surface area contributed by atoms with E-state index < -0.39 is 5.76 Å². The van der Waals surface area contributed by atoms with Crippen LogP contribution in [0.3, 0.4) is 0 Å². The average Bonchev–Trinajstić information content (AvgIpc) is 3.37. The first-order valence-corrected chi connectivity index (χ1v) is 10.2. The molecular formula is C23H20N6O3. The molecule has 0 fully saturated rings. The van der Waals surface area contributed by atoms with Crippen molar-refractivity contribution in [2.45, 2.75) is 19.5 Å². The molecule has 0 aliphatic carbocycles. The summed E-state index contributed by atoms with van der Waals surface area (Å²) >= 11 is 0. The van der Waals surface area contributed by atoms with E-state index in [0.29, 0.717) is 24.1 Å². The summed E-state index contributed by atoms with van der Waals surface area (Å²) in [7, 11) is 1.73. The molecule has 3 aromatic heterocycles. The number of aromatic nitrogens is 6. The molecule has 9 nitrogen and oxygen atoms in total. The molecule has 32 heavy (non-hydrogen) atoms. The number of rotatable bonds is 6. The van der Waals surface area contributed by atoms with Gasteiger partial charge in [0.1, 0.15) is 12.9 Å². The third kappa shape index (κ3) is 3.76. The minimum absolute atomic E-state index is 0.0148. The largest absolute Gasteiger partial charge is 0.437 e. The Morgan fingerprint density at radius 1 is 0.906 bits per heavy atom. The summed E-state index contributed by atoms with van der Waals surface area (Å²) in [5.41, 5.74) is 3.87. The molecule has 2 aromatic carbocycles. The van der Waals surface area contributed by atoms with E-state index in [1.165, 1.54) is 21.9 Å². The van der Waals surface area contributed by atoms with Crippen LogP contribution >= 0.6 is 0 Å². The molecule has 0 saturated carbocycles. The molecule has 0 atom stereocenters. The van der Waals surface area contributed by atoms with Gasteiger partial charge in [-0.3, -0.25) is 9.36 Å². The maximum Gasteiger partial charge on any atom is 0.437 e. The molecule has 0 saturated heterocycles. The van der Waals surface area contributed by atoms with E-state index in [-0.39, 0.29) is 18.0 Å². The smallest absolute Gasteiger partial charge is 0.390 e. The predicted octanol–water partition coefficient (Wildman–Crippen LogP) is 2.24. The van der Waals surface area contributed by atoms with E-state index in [0.717, 1.165) is 16.7 Å². The Kier molecular flexibility index (Phi) is 4.98. The Bertz CT molecular complexity index is 1490. The summed E-state index contributed by atoms with van der Waals surface area (Å²) < 4.78 is 9.49. The summed E-state index contributed by atoms with van der Waals surface area (Å²) in [5, 5.41) is 4.24.